The summed E-state index contributed by atoms with van der Waals surface area (Å²) < 4.78 is 5.77. The average molecular weight is 262 g/mol. The van der Waals surface area contributed by atoms with Gasteiger partial charge in [-0.2, -0.15) is 0 Å². The van der Waals surface area contributed by atoms with E-state index in [-0.39, 0.29) is 0 Å². The van der Waals surface area contributed by atoms with Gasteiger partial charge in [-0.1, -0.05) is 19.1 Å². The molecule has 1 saturated heterocycles. The van der Waals surface area contributed by atoms with Gasteiger partial charge in [-0.3, -0.25) is 0 Å². The quantitative estimate of drug-likeness (QED) is 0.906. The van der Waals surface area contributed by atoms with Gasteiger partial charge in [0.1, 0.15) is 5.75 Å². The van der Waals surface area contributed by atoms with E-state index in [1.165, 1.54) is 12.1 Å². The van der Waals surface area contributed by atoms with Crippen LogP contribution in [0, 0.1) is 5.92 Å². The second kappa shape index (κ2) is 6.80. The molecule has 1 fully saturated rings. The van der Waals surface area contributed by atoms with Gasteiger partial charge in [0.05, 0.1) is 12.3 Å². The van der Waals surface area contributed by atoms with Crippen LogP contribution in [0.2, 0.25) is 0 Å². The molecule has 1 heterocycles. The van der Waals surface area contributed by atoms with Crippen molar-refractivity contribution in [3.8, 4) is 5.75 Å². The molecule has 106 valence electrons. The van der Waals surface area contributed by atoms with E-state index in [4.69, 9.17) is 4.74 Å². The number of hydrogen-bond acceptors (Lipinski definition) is 3. The van der Waals surface area contributed by atoms with Crippen molar-refractivity contribution in [2.45, 2.75) is 33.2 Å². The molecule has 2 atom stereocenters. The van der Waals surface area contributed by atoms with Gasteiger partial charge in [-0.05, 0) is 44.9 Å². The lowest BCUT2D eigenvalue weighted by Gasteiger charge is -2.33. The van der Waals surface area contributed by atoms with Crippen LogP contribution in [-0.4, -0.2) is 32.3 Å². The number of para-hydroxylation sites is 2. The Hall–Kier alpha value is -1.22. The third kappa shape index (κ3) is 3.87. The van der Waals surface area contributed by atoms with Gasteiger partial charge in [0.2, 0.25) is 0 Å². The molecule has 1 aromatic rings. The lowest BCUT2D eigenvalue weighted by Crippen LogP contribution is -2.42. The van der Waals surface area contributed by atoms with E-state index in [1.807, 2.05) is 13.0 Å². The summed E-state index contributed by atoms with van der Waals surface area (Å²) in [6.07, 6.45) is 1.17. The van der Waals surface area contributed by atoms with Crippen molar-refractivity contribution in [3.05, 3.63) is 24.3 Å². The minimum Gasteiger partial charge on any atom is -0.492 e. The Morgan fingerprint density at radius 2 is 2.11 bits per heavy atom. The van der Waals surface area contributed by atoms with Crippen molar-refractivity contribution in [1.29, 1.82) is 0 Å². The van der Waals surface area contributed by atoms with Gasteiger partial charge in [0.25, 0.3) is 0 Å². The van der Waals surface area contributed by atoms with Crippen molar-refractivity contribution in [2.75, 3.05) is 31.1 Å². The van der Waals surface area contributed by atoms with Gasteiger partial charge in [-0.15, -0.1) is 0 Å². The first kappa shape index (κ1) is 14.2. The molecule has 19 heavy (non-hydrogen) atoms. The van der Waals surface area contributed by atoms with E-state index in [1.54, 1.807) is 0 Å². The normalized spacial score (nSPS) is 24.7. The monoisotopic (exact) mass is 262 g/mol. The summed E-state index contributed by atoms with van der Waals surface area (Å²) in [7, 11) is 0. The standard InChI is InChI=1S/C16H26N2O/c1-4-19-16-8-6-5-7-15(16)18-10-9-14(3)17-11-13(2)12-18/h5-8,13-14,17H,4,9-12H2,1-3H3. The van der Waals surface area contributed by atoms with Crippen LogP contribution < -0.4 is 15.0 Å². The van der Waals surface area contributed by atoms with E-state index in [9.17, 15) is 0 Å². The van der Waals surface area contributed by atoms with Crippen LogP contribution in [0.15, 0.2) is 24.3 Å². The molecule has 0 aromatic heterocycles. The molecule has 0 saturated carbocycles. The SMILES string of the molecule is CCOc1ccccc1N1CCC(C)NCC(C)C1. The number of hydrogen-bond donors (Lipinski definition) is 1. The molecule has 2 rings (SSSR count). The second-order valence-corrected chi connectivity index (χ2v) is 5.55. The molecule has 2 unspecified atom stereocenters. The van der Waals surface area contributed by atoms with Crippen molar-refractivity contribution >= 4 is 5.69 Å². The minimum atomic E-state index is 0.588. The third-order valence-corrected chi connectivity index (χ3v) is 3.68. The molecule has 3 nitrogen and oxygen atoms in total. The fourth-order valence-corrected chi connectivity index (χ4v) is 2.60. The Bertz CT molecular complexity index is 394. The van der Waals surface area contributed by atoms with Crippen LogP contribution in [0.5, 0.6) is 5.75 Å². The van der Waals surface area contributed by atoms with Crippen molar-refractivity contribution in [2.24, 2.45) is 5.92 Å². The second-order valence-electron chi connectivity index (χ2n) is 5.55. The third-order valence-electron chi connectivity index (χ3n) is 3.68. The summed E-state index contributed by atoms with van der Waals surface area (Å²) in [5.74, 6) is 1.66. The molecule has 1 aliphatic heterocycles. The Balaban J connectivity index is 2.17. The van der Waals surface area contributed by atoms with Crippen molar-refractivity contribution in [1.82, 2.24) is 5.32 Å². The van der Waals surface area contributed by atoms with E-state index < -0.39 is 0 Å². The smallest absolute Gasteiger partial charge is 0.142 e. The maximum Gasteiger partial charge on any atom is 0.142 e. The van der Waals surface area contributed by atoms with Gasteiger partial charge < -0.3 is 15.0 Å². The van der Waals surface area contributed by atoms with Crippen molar-refractivity contribution < 1.29 is 4.74 Å². The molecule has 1 aliphatic rings. The Labute approximate surface area is 116 Å². The van der Waals surface area contributed by atoms with E-state index in [0.29, 0.717) is 12.0 Å². The fourth-order valence-electron chi connectivity index (χ4n) is 2.60. The minimum absolute atomic E-state index is 0.588. The summed E-state index contributed by atoms with van der Waals surface area (Å²) in [6, 6.07) is 8.99. The van der Waals surface area contributed by atoms with Gasteiger partial charge >= 0.3 is 0 Å². The molecule has 0 bridgehead atoms. The number of ether oxygens (including phenoxy) is 1. The summed E-state index contributed by atoms with van der Waals surface area (Å²) in [5, 5.41) is 3.59. The maximum atomic E-state index is 5.77. The highest BCUT2D eigenvalue weighted by atomic mass is 16.5. The summed E-state index contributed by atoms with van der Waals surface area (Å²) in [5.41, 5.74) is 1.24. The average Bonchev–Trinajstić information content (AvgIpc) is 2.40. The Morgan fingerprint density at radius 1 is 1.32 bits per heavy atom. The molecule has 0 aliphatic carbocycles. The first-order valence-corrected chi connectivity index (χ1v) is 7.40. The molecule has 1 N–H and O–H groups in total. The zero-order chi connectivity index (χ0) is 13.7. The molecule has 3 heteroatoms. The largest absolute Gasteiger partial charge is 0.492 e. The van der Waals surface area contributed by atoms with Gasteiger partial charge in [0, 0.05) is 19.1 Å². The zero-order valence-electron chi connectivity index (χ0n) is 12.4. The first-order chi connectivity index (χ1) is 9.20. The van der Waals surface area contributed by atoms with Crippen LogP contribution >= 0.6 is 0 Å². The van der Waals surface area contributed by atoms with Crippen LogP contribution in [0.1, 0.15) is 27.2 Å². The lowest BCUT2D eigenvalue weighted by atomic mass is 10.1. The summed E-state index contributed by atoms with van der Waals surface area (Å²) >= 11 is 0. The number of benzene rings is 1. The molecule has 0 amide bonds. The Kier molecular flexibility index (Phi) is 5.08. The van der Waals surface area contributed by atoms with Crippen LogP contribution in [-0.2, 0) is 0 Å². The predicted octanol–water partition coefficient (Wildman–Crippen LogP) is 2.91. The predicted molar refractivity (Wildman–Crippen MR) is 81.1 cm³/mol. The van der Waals surface area contributed by atoms with Gasteiger partial charge in [0.15, 0.2) is 0 Å². The van der Waals surface area contributed by atoms with Crippen LogP contribution in [0.25, 0.3) is 0 Å². The topological polar surface area (TPSA) is 24.5 Å². The van der Waals surface area contributed by atoms with Crippen molar-refractivity contribution in [3.63, 3.8) is 0 Å². The first-order valence-electron chi connectivity index (χ1n) is 7.40. The van der Waals surface area contributed by atoms with E-state index >= 15 is 0 Å². The highest BCUT2D eigenvalue weighted by Crippen LogP contribution is 2.29. The van der Waals surface area contributed by atoms with Crippen LogP contribution in [0.3, 0.4) is 0 Å². The van der Waals surface area contributed by atoms with E-state index in [2.05, 4.69) is 42.3 Å². The zero-order valence-corrected chi connectivity index (χ0v) is 12.4. The Morgan fingerprint density at radius 3 is 2.89 bits per heavy atom. The highest BCUT2D eigenvalue weighted by molar-refractivity contribution is 5.58. The number of nitrogens with one attached hydrogen (secondary N) is 1. The molecular formula is C16H26N2O. The number of nitrogens with zero attached hydrogens (tertiary/aromatic N) is 1. The van der Waals surface area contributed by atoms with Gasteiger partial charge in [-0.25, -0.2) is 0 Å². The highest BCUT2D eigenvalue weighted by Gasteiger charge is 2.19. The maximum absolute atomic E-state index is 5.77. The lowest BCUT2D eigenvalue weighted by molar-refractivity contribution is 0.338. The molecular weight excluding hydrogens is 236 g/mol. The summed E-state index contributed by atoms with van der Waals surface area (Å²) in [4.78, 5) is 2.48. The number of rotatable bonds is 3. The molecule has 0 spiro atoms. The molecule has 0 radical (unpaired) electrons. The molecule has 1 aromatic carbocycles. The number of anilines is 1. The van der Waals surface area contributed by atoms with E-state index in [0.717, 1.165) is 32.0 Å². The summed E-state index contributed by atoms with van der Waals surface area (Å²) in [6.45, 7) is 10.6. The fraction of sp³-hybridized carbons (Fsp3) is 0.625. The van der Waals surface area contributed by atoms with Crippen LogP contribution in [0.4, 0.5) is 5.69 Å².